The van der Waals surface area contributed by atoms with Gasteiger partial charge < -0.3 is 10.1 Å². The van der Waals surface area contributed by atoms with Crippen molar-refractivity contribution in [2.75, 3.05) is 19.0 Å². The zero-order valence-corrected chi connectivity index (χ0v) is 10.1. The summed E-state index contributed by atoms with van der Waals surface area (Å²) in [5.41, 5.74) is 0.628. The molecule has 0 bridgehead atoms. The number of nitrogens with zero attached hydrogens (tertiary/aromatic N) is 2. The normalized spacial score (nSPS) is 12.7. The molecule has 1 aromatic heterocycles. The topological polar surface area (TPSA) is 47.0 Å². The fraction of sp³-hybridized carbons (Fsp3) is 0.333. The third-order valence-electron chi connectivity index (χ3n) is 2.56. The van der Waals surface area contributed by atoms with Crippen molar-refractivity contribution >= 4 is 16.9 Å². The fourth-order valence-electron chi connectivity index (χ4n) is 1.42. The van der Waals surface area contributed by atoms with E-state index in [0.717, 1.165) is 12.1 Å². The van der Waals surface area contributed by atoms with Gasteiger partial charge in [0.2, 0.25) is 0 Å². The highest BCUT2D eigenvalue weighted by Crippen LogP contribution is 2.16. The summed E-state index contributed by atoms with van der Waals surface area (Å²) < 4.78 is 31.1. The summed E-state index contributed by atoms with van der Waals surface area (Å²) >= 11 is 0. The number of aromatic nitrogens is 2. The van der Waals surface area contributed by atoms with Gasteiger partial charge in [-0.25, -0.2) is 13.8 Å². The van der Waals surface area contributed by atoms with Crippen molar-refractivity contribution in [1.29, 1.82) is 0 Å². The zero-order chi connectivity index (χ0) is 13.1. The first-order chi connectivity index (χ1) is 8.60. The van der Waals surface area contributed by atoms with Gasteiger partial charge in [-0.1, -0.05) is 0 Å². The van der Waals surface area contributed by atoms with Crippen LogP contribution in [0.1, 0.15) is 6.92 Å². The largest absolute Gasteiger partial charge is 0.380 e. The molecule has 0 aliphatic rings. The number of benzene rings is 1. The van der Waals surface area contributed by atoms with E-state index in [0.29, 0.717) is 23.4 Å². The Labute approximate surface area is 103 Å². The van der Waals surface area contributed by atoms with Gasteiger partial charge >= 0.3 is 0 Å². The van der Waals surface area contributed by atoms with Gasteiger partial charge in [-0.05, 0) is 6.92 Å². The highest BCUT2D eigenvalue weighted by atomic mass is 19.2. The summed E-state index contributed by atoms with van der Waals surface area (Å²) in [4.78, 5) is 8.16. The van der Waals surface area contributed by atoms with Crippen molar-refractivity contribution in [3.63, 3.8) is 0 Å². The molecule has 1 heterocycles. The molecule has 0 spiro atoms. The number of halogens is 2. The van der Waals surface area contributed by atoms with Crippen molar-refractivity contribution < 1.29 is 13.5 Å². The van der Waals surface area contributed by atoms with E-state index in [-0.39, 0.29) is 6.10 Å². The standard InChI is InChI=1S/C12H13F2N3O/c1-7(18-2)5-16-12-6-15-10-3-8(13)9(14)4-11(10)17-12/h3-4,6-7H,5H2,1-2H3,(H,16,17). The second-order valence-electron chi connectivity index (χ2n) is 3.94. The van der Waals surface area contributed by atoms with Crippen molar-refractivity contribution in [3.05, 3.63) is 30.0 Å². The fourth-order valence-corrected chi connectivity index (χ4v) is 1.42. The molecule has 2 rings (SSSR count). The maximum atomic E-state index is 13.1. The SMILES string of the molecule is COC(C)CNc1cnc2cc(F)c(F)cc2n1. The number of fused-ring (bicyclic) bond motifs is 1. The van der Waals surface area contributed by atoms with Crippen LogP contribution in [0, 0.1) is 11.6 Å². The number of nitrogens with one attached hydrogen (secondary N) is 1. The molecule has 4 nitrogen and oxygen atoms in total. The number of hydrogen-bond donors (Lipinski definition) is 1. The molecule has 0 aliphatic carbocycles. The lowest BCUT2D eigenvalue weighted by molar-refractivity contribution is 0.128. The summed E-state index contributed by atoms with van der Waals surface area (Å²) in [5, 5.41) is 3.01. The molecule has 0 fully saturated rings. The molecule has 1 aromatic carbocycles. The van der Waals surface area contributed by atoms with E-state index in [1.54, 1.807) is 7.11 Å². The van der Waals surface area contributed by atoms with Crippen LogP contribution in [-0.4, -0.2) is 29.7 Å². The Balaban J connectivity index is 2.24. The molecule has 0 aliphatic heterocycles. The molecule has 1 unspecified atom stereocenters. The summed E-state index contributed by atoms with van der Waals surface area (Å²) in [6, 6.07) is 2.06. The number of ether oxygens (including phenoxy) is 1. The number of hydrogen-bond acceptors (Lipinski definition) is 4. The number of methoxy groups -OCH3 is 1. The summed E-state index contributed by atoms with van der Waals surface area (Å²) in [5.74, 6) is -1.36. The molecule has 0 saturated carbocycles. The molecular formula is C12H13F2N3O. The maximum absolute atomic E-state index is 13.1. The molecule has 2 aromatic rings. The van der Waals surface area contributed by atoms with Crippen LogP contribution in [0.3, 0.4) is 0 Å². The quantitative estimate of drug-likeness (QED) is 0.908. The lowest BCUT2D eigenvalue weighted by atomic mass is 10.3. The van der Waals surface area contributed by atoms with E-state index < -0.39 is 11.6 Å². The molecule has 1 N–H and O–H groups in total. The molecule has 0 radical (unpaired) electrons. The Morgan fingerprint density at radius 1 is 1.28 bits per heavy atom. The van der Waals surface area contributed by atoms with Crippen molar-refractivity contribution in [3.8, 4) is 0 Å². The van der Waals surface area contributed by atoms with E-state index in [4.69, 9.17) is 4.74 Å². The predicted octanol–water partition coefficient (Wildman–Crippen LogP) is 2.35. The summed E-state index contributed by atoms with van der Waals surface area (Å²) in [7, 11) is 1.61. The monoisotopic (exact) mass is 253 g/mol. The molecule has 0 saturated heterocycles. The van der Waals surface area contributed by atoms with Crippen molar-refractivity contribution in [2.24, 2.45) is 0 Å². The van der Waals surface area contributed by atoms with Gasteiger partial charge in [-0.3, -0.25) is 4.98 Å². The minimum absolute atomic E-state index is 0.0208. The van der Waals surface area contributed by atoms with Crippen LogP contribution in [0.2, 0.25) is 0 Å². The Morgan fingerprint density at radius 2 is 1.94 bits per heavy atom. The molecule has 1 atom stereocenters. The maximum Gasteiger partial charge on any atom is 0.161 e. The van der Waals surface area contributed by atoms with Crippen molar-refractivity contribution in [2.45, 2.75) is 13.0 Å². The lowest BCUT2D eigenvalue weighted by Gasteiger charge is -2.11. The molecule has 18 heavy (non-hydrogen) atoms. The summed E-state index contributed by atoms with van der Waals surface area (Å²) in [6.45, 7) is 2.46. The van der Waals surface area contributed by atoms with Crippen LogP contribution in [-0.2, 0) is 4.74 Å². The van der Waals surface area contributed by atoms with Crippen molar-refractivity contribution in [1.82, 2.24) is 9.97 Å². The van der Waals surface area contributed by atoms with E-state index in [1.165, 1.54) is 6.20 Å². The van der Waals surface area contributed by atoms with Crippen LogP contribution in [0.4, 0.5) is 14.6 Å². The van der Waals surface area contributed by atoms with Gasteiger partial charge in [-0.2, -0.15) is 0 Å². The summed E-state index contributed by atoms with van der Waals surface area (Å²) in [6.07, 6.45) is 1.50. The van der Waals surface area contributed by atoms with Crippen LogP contribution >= 0.6 is 0 Å². The number of anilines is 1. The first-order valence-corrected chi connectivity index (χ1v) is 5.48. The van der Waals surface area contributed by atoms with E-state index in [1.807, 2.05) is 6.92 Å². The van der Waals surface area contributed by atoms with Gasteiger partial charge in [0, 0.05) is 25.8 Å². The predicted molar refractivity (Wildman–Crippen MR) is 64.4 cm³/mol. The molecule has 96 valence electrons. The first kappa shape index (κ1) is 12.6. The van der Waals surface area contributed by atoms with E-state index in [2.05, 4.69) is 15.3 Å². The second kappa shape index (κ2) is 5.22. The first-order valence-electron chi connectivity index (χ1n) is 5.48. The average molecular weight is 253 g/mol. The second-order valence-corrected chi connectivity index (χ2v) is 3.94. The Bertz CT molecular complexity index is 562. The van der Waals surface area contributed by atoms with E-state index >= 15 is 0 Å². The third-order valence-corrected chi connectivity index (χ3v) is 2.56. The molecule has 6 heteroatoms. The third kappa shape index (κ3) is 2.70. The Kier molecular flexibility index (Phi) is 3.66. The average Bonchev–Trinajstić information content (AvgIpc) is 2.37. The molecule has 0 amide bonds. The van der Waals surface area contributed by atoms with Crippen LogP contribution < -0.4 is 5.32 Å². The zero-order valence-electron chi connectivity index (χ0n) is 10.1. The highest BCUT2D eigenvalue weighted by molar-refractivity contribution is 5.75. The van der Waals surface area contributed by atoms with Gasteiger partial charge in [0.25, 0.3) is 0 Å². The van der Waals surface area contributed by atoms with Crippen LogP contribution in [0.25, 0.3) is 11.0 Å². The van der Waals surface area contributed by atoms with Crippen LogP contribution in [0.5, 0.6) is 0 Å². The van der Waals surface area contributed by atoms with E-state index in [9.17, 15) is 8.78 Å². The molecular weight excluding hydrogens is 240 g/mol. The van der Waals surface area contributed by atoms with Gasteiger partial charge in [0.15, 0.2) is 11.6 Å². The van der Waals surface area contributed by atoms with Gasteiger partial charge in [-0.15, -0.1) is 0 Å². The lowest BCUT2D eigenvalue weighted by Crippen LogP contribution is -2.18. The smallest absolute Gasteiger partial charge is 0.161 e. The minimum Gasteiger partial charge on any atom is -0.380 e. The highest BCUT2D eigenvalue weighted by Gasteiger charge is 2.07. The van der Waals surface area contributed by atoms with Gasteiger partial charge in [0.05, 0.1) is 23.3 Å². The Hall–Kier alpha value is -1.82. The minimum atomic E-state index is -0.931. The van der Waals surface area contributed by atoms with Crippen LogP contribution in [0.15, 0.2) is 18.3 Å². The van der Waals surface area contributed by atoms with Gasteiger partial charge in [0.1, 0.15) is 5.82 Å². The number of rotatable bonds is 4. The Morgan fingerprint density at radius 3 is 2.61 bits per heavy atom.